The van der Waals surface area contributed by atoms with Crippen molar-refractivity contribution in [2.45, 2.75) is 38.3 Å². The quantitative estimate of drug-likeness (QED) is 0.919. The van der Waals surface area contributed by atoms with Crippen LogP contribution in [0.4, 0.5) is 0 Å². The molecule has 110 valence electrons. The highest BCUT2D eigenvalue weighted by atomic mass is 16.5. The van der Waals surface area contributed by atoms with Crippen LogP contribution in [-0.4, -0.2) is 34.1 Å². The van der Waals surface area contributed by atoms with Gasteiger partial charge in [-0.15, -0.1) is 0 Å². The highest BCUT2D eigenvalue weighted by Crippen LogP contribution is 2.24. The monoisotopic (exact) mass is 285 g/mol. The fourth-order valence-corrected chi connectivity index (χ4v) is 2.69. The third kappa shape index (κ3) is 3.19. The summed E-state index contributed by atoms with van der Waals surface area (Å²) in [4.78, 5) is 20.8. The topological polar surface area (TPSA) is 64.1 Å². The minimum Gasteiger partial charge on any atom is -0.375 e. The van der Waals surface area contributed by atoms with Gasteiger partial charge >= 0.3 is 0 Å². The first-order valence-electron chi connectivity index (χ1n) is 7.20. The molecule has 0 aromatic carbocycles. The van der Waals surface area contributed by atoms with E-state index in [0.717, 1.165) is 18.2 Å². The number of hydrogen-bond donors (Lipinski definition) is 1. The number of fused-ring (bicyclic) bond motifs is 1. The Kier molecular flexibility index (Phi) is 3.59. The molecular formula is C16H19N3O2. The summed E-state index contributed by atoms with van der Waals surface area (Å²) in [5.41, 5.74) is 0.817. The van der Waals surface area contributed by atoms with Gasteiger partial charge in [-0.1, -0.05) is 0 Å². The number of ether oxygens (including phenoxy) is 1. The van der Waals surface area contributed by atoms with Crippen molar-refractivity contribution in [2.75, 3.05) is 6.61 Å². The molecule has 1 saturated heterocycles. The summed E-state index contributed by atoms with van der Waals surface area (Å²) in [5, 5.41) is 3.98. The second-order valence-corrected chi connectivity index (χ2v) is 6.02. The molecule has 5 nitrogen and oxygen atoms in total. The van der Waals surface area contributed by atoms with Crippen LogP contribution in [-0.2, 0) is 4.74 Å². The lowest BCUT2D eigenvalue weighted by molar-refractivity contribution is -0.0615. The Balaban J connectivity index is 1.74. The number of carbonyl (C=O) groups is 1. The molecule has 0 aliphatic carbocycles. The Morgan fingerprint density at radius 1 is 1.38 bits per heavy atom. The van der Waals surface area contributed by atoms with Crippen LogP contribution in [0.2, 0.25) is 0 Å². The molecule has 2 aromatic rings. The largest absolute Gasteiger partial charge is 0.375 e. The Morgan fingerprint density at radius 3 is 3.05 bits per heavy atom. The second kappa shape index (κ2) is 5.41. The first kappa shape index (κ1) is 13.9. The summed E-state index contributed by atoms with van der Waals surface area (Å²) in [6.45, 7) is 4.76. The predicted octanol–water partition coefficient (Wildman–Crippen LogP) is 2.32. The van der Waals surface area contributed by atoms with E-state index in [9.17, 15) is 4.79 Å². The summed E-state index contributed by atoms with van der Waals surface area (Å²) < 4.78 is 5.66. The first-order chi connectivity index (χ1) is 10.0. The zero-order valence-electron chi connectivity index (χ0n) is 12.3. The van der Waals surface area contributed by atoms with Gasteiger partial charge in [-0.05, 0) is 51.0 Å². The Hall–Kier alpha value is -2.01. The van der Waals surface area contributed by atoms with E-state index >= 15 is 0 Å². The number of carbonyl (C=O) groups excluding carboxylic acids is 1. The van der Waals surface area contributed by atoms with Crippen LogP contribution < -0.4 is 5.32 Å². The number of nitrogens with one attached hydrogen (secondary N) is 1. The minimum absolute atomic E-state index is 0.127. The predicted molar refractivity (Wildman–Crippen MR) is 80.1 cm³/mol. The van der Waals surface area contributed by atoms with Crippen molar-refractivity contribution in [2.24, 2.45) is 0 Å². The third-order valence-electron chi connectivity index (χ3n) is 3.73. The zero-order valence-corrected chi connectivity index (χ0v) is 12.3. The Morgan fingerprint density at radius 2 is 2.24 bits per heavy atom. The average molecular weight is 285 g/mol. The molecule has 2 aromatic heterocycles. The van der Waals surface area contributed by atoms with Crippen LogP contribution in [0.1, 0.15) is 37.2 Å². The van der Waals surface area contributed by atoms with Gasteiger partial charge in [0.2, 0.25) is 0 Å². The number of hydrogen-bond acceptors (Lipinski definition) is 4. The maximum Gasteiger partial charge on any atom is 0.270 e. The molecule has 3 rings (SSSR count). The van der Waals surface area contributed by atoms with E-state index in [4.69, 9.17) is 4.74 Å². The molecule has 0 bridgehead atoms. The van der Waals surface area contributed by atoms with Crippen molar-refractivity contribution < 1.29 is 9.53 Å². The molecule has 1 fully saturated rings. The molecule has 1 aliphatic heterocycles. The van der Waals surface area contributed by atoms with Gasteiger partial charge in [-0.2, -0.15) is 0 Å². The minimum atomic E-state index is -0.186. The van der Waals surface area contributed by atoms with Gasteiger partial charge in [0.1, 0.15) is 5.69 Å². The van der Waals surface area contributed by atoms with Crippen LogP contribution in [0.5, 0.6) is 0 Å². The van der Waals surface area contributed by atoms with Gasteiger partial charge in [-0.25, -0.2) is 9.97 Å². The van der Waals surface area contributed by atoms with E-state index in [2.05, 4.69) is 15.3 Å². The molecular weight excluding hydrogens is 266 g/mol. The lowest BCUT2D eigenvalue weighted by Crippen LogP contribution is -2.46. The van der Waals surface area contributed by atoms with Crippen LogP contribution in [0, 0.1) is 0 Å². The summed E-state index contributed by atoms with van der Waals surface area (Å²) in [6, 6.07) is 7.52. The molecule has 5 heteroatoms. The van der Waals surface area contributed by atoms with Gasteiger partial charge in [-0.3, -0.25) is 4.79 Å². The number of nitrogens with zero attached hydrogens (tertiary/aromatic N) is 2. The maximum absolute atomic E-state index is 12.3. The summed E-state index contributed by atoms with van der Waals surface area (Å²) in [5.74, 6) is -0.148. The lowest BCUT2D eigenvalue weighted by atomic mass is 9.94. The molecule has 0 saturated carbocycles. The number of aromatic nitrogens is 2. The number of amides is 1. The molecule has 1 N–H and O–H groups in total. The highest BCUT2D eigenvalue weighted by molar-refractivity contribution is 5.94. The Labute approximate surface area is 123 Å². The molecule has 1 atom stereocenters. The standard InChI is InChI=1S/C16H19N3O2/c1-16(2)10-12(7-9-21-16)18-15(20)13-6-5-11-4-3-8-17-14(11)19-13/h3-6,8,12H,7,9-10H2,1-2H3,(H,18,20)/t12-/m0/s1. The SMILES string of the molecule is CC1(C)C[C@@H](NC(=O)c2ccc3cccnc3n2)CCO1. The van der Waals surface area contributed by atoms with Gasteiger partial charge < -0.3 is 10.1 Å². The number of pyridine rings is 2. The van der Waals surface area contributed by atoms with Gasteiger partial charge in [0.15, 0.2) is 5.65 Å². The van der Waals surface area contributed by atoms with Crippen LogP contribution in [0.25, 0.3) is 11.0 Å². The zero-order chi connectivity index (χ0) is 14.9. The average Bonchev–Trinajstić information content (AvgIpc) is 2.45. The second-order valence-electron chi connectivity index (χ2n) is 6.02. The molecule has 1 aliphatic rings. The van der Waals surface area contributed by atoms with Crippen LogP contribution in [0.3, 0.4) is 0 Å². The normalized spacial score (nSPS) is 21.1. The lowest BCUT2D eigenvalue weighted by Gasteiger charge is -2.35. The smallest absolute Gasteiger partial charge is 0.270 e. The van der Waals surface area contributed by atoms with Gasteiger partial charge in [0, 0.05) is 24.2 Å². The van der Waals surface area contributed by atoms with Gasteiger partial charge in [0.25, 0.3) is 5.91 Å². The van der Waals surface area contributed by atoms with Crippen LogP contribution >= 0.6 is 0 Å². The fraction of sp³-hybridized carbons (Fsp3) is 0.438. The van der Waals surface area contributed by atoms with Crippen molar-refractivity contribution in [1.29, 1.82) is 0 Å². The van der Waals surface area contributed by atoms with Crippen molar-refractivity contribution in [3.8, 4) is 0 Å². The van der Waals surface area contributed by atoms with Crippen LogP contribution in [0.15, 0.2) is 30.5 Å². The highest BCUT2D eigenvalue weighted by Gasteiger charge is 2.30. The summed E-state index contributed by atoms with van der Waals surface area (Å²) in [7, 11) is 0. The first-order valence-corrected chi connectivity index (χ1v) is 7.20. The van der Waals surface area contributed by atoms with E-state index in [0.29, 0.717) is 17.9 Å². The third-order valence-corrected chi connectivity index (χ3v) is 3.73. The van der Waals surface area contributed by atoms with E-state index in [1.165, 1.54) is 0 Å². The fourth-order valence-electron chi connectivity index (χ4n) is 2.69. The molecule has 0 unspecified atom stereocenters. The molecule has 21 heavy (non-hydrogen) atoms. The molecule has 3 heterocycles. The number of rotatable bonds is 2. The van der Waals surface area contributed by atoms with Crippen molar-refractivity contribution in [1.82, 2.24) is 15.3 Å². The van der Waals surface area contributed by atoms with Crippen molar-refractivity contribution in [3.63, 3.8) is 0 Å². The van der Waals surface area contributed by atoms with Crippen molar-refractivity contribution >= 4 is 16.9 Å². The van der Waals surface area contributed by atoms with E-state index in [1.807, 2.05) is 32.0 Å². The summed E-state index contributed by atoms with van der Waals surface area (Å²) >= 11 is 0. The van der Waals surface area contributed by atoms with E-state index < -0.39 is 0 Å². The molecule has 0 spiro atoms. The van der Waals surface area contributed by atoms with Crippen molar-refractivity contribution in [3.05, 3.63) is 36.2 Å². The molecule has 0 radical (unpaired) electrons. The Bertz CT molecular complexity index is 669. The summed E-state index contributed by atoms with van der Waals surface area (Å²) in [6.07, 6.45) is 3.32. The van der Waals surface area contributed by atoms with E-state index in [-0.39, 0.29) is 17.6 Å². The van der Waals surface area contributed by atoms with E-state index in [1.54, 1.807) is 12.3 Å². The van der Waals surface area contributed by atoms with Gasteiger partial charge in [0.05, 0.1) is 5.60 Å². The maximum atomic E-state index is 12.3. The molecule has 1 amide bonds.